The predicted octanol–water partition coefficient (Wildman–Crippen LogP) is 2.29. The molecular weight excluding hydrogens is 420 g/mol. The van der Waals surface area contributed by atoms with Gasteiger partial charge in [0.1, 0.15) is 5.75 Å². The fraction of sp³-hybridized carbons (Fsp3) is 0.462. The number of aliphatic hydroxyl groups is 1. The summed E-state index contributed by atoms with van der Waals surface area (Å²) in [5, 5.41) is 10.0. The van der Waals surface area contributed by atoms with Crippen LogP contribution in [0.3, 0.4) is 0 Å². The Balaban J connectivity index is 1.34. The van der Waals surface area contributed by atoms with Crippen molar-refractivity contribution in [3.8, 4) is 16.9 Å². The molecule has 3 atom stereocenters. The molecule has 7 heteroatoms. The van der Waals surface area contributed by atoms with Gasteiger partial charge in [-0.3, -0.25) is 9.59 Å². The van der Waals surface area contributed by atoms with Gasteiger partial charge in [-0.25, -0.2) is 0 Å². The first kappa shape index (κ1) is 21.9. The third kappa shape index (κ3) is 4.00. The maximum atomic E-state index is 13.1. The van der Waals surface area contributed by atoms with Crippen LogP contribution in [0.2, 0.25) is 0 Å². The van der Waals surface area contributed by atoms with Crippen LogP contribution in [0.5, 0.6) is 5.75 Å². The van der Waals surface area contributed by atoms with Crippen molar-refractivity contribution in [1.29, 1.82) is 0 Å². The number of carbonyl (C=O) groups excluding carboxylic acids is 2. The van der Waals surface area contributed by atoms with Gasteiger partial charge in [0.05, 0.1) is 32.3 Å². The molecule has 7 nitrogen and oxygen atoms in total. The Hall–Kier alpha value is -2.90. The van der Waals surface area contributed by atoms with Crippen molar-refractivity contribution in [2.45, 2.75) is 30.8 Å². The molecule has 3 aliphatic rings. The molecule has 0 aliphatic carbocycles. The van der Waals surface area contributed by atoms with Gasteiger partial charge in [0.25, 0.3) is 0 Å². The van der Waals surface area contributed by atoms with Crippen LogP contribution >= 0.6 is 0 Å². The van der Waals surface area contributed by atoms with Crippen LogP contribution in [-0.4, -0.2) is 78.8 Å². The van der Waals surface area contributed by atoms with Gasteiger partial charge in [0.15, 0.2) is 0 Å². The molecule has 2 aromatic rings. The zero-order chi connectivity index (χ0) is 22.9. The Kier molecular flexibility index (Phi) is 6.08. The molecule has 0 saturated carbocycles. The summed E-state index contributed by atoms with van der Waals surface area (Å²) in [5.74, 6) is 0.755. The van der Waals surface area contributed by atoms with Gasteiger partial charge >= 0.3 is 0 Å². The van der Waals surface area contributed by atoms with Gasteiger partial charge in [-0.15, -0.1) is 0 Å². The van der Waals surface area contributed by atoms with Gasteiger partial charge in [0.2, 0.25) is 11.8 Å². The molecule has 2 amide bonds. The monoisotopic (exact) mass is 450 g/mol. The van der Waals surface area contributed by atoms with E-state index in [9.17, 15) is 14.7 Å². The average Bonchev–Trinajstić information content (AvgIpc) is 2.86. The number of piperazine rings is 1. The Bertz CT molecular complexity index is 1000. The lowest BCUT2D eigenvalue weighted by Crippen LogP contribution is -2.73. The van der Waals surface area contributed by atoms with Gasteiger partial charge < -0.3 is 24.4 Å². The largest absolute Gasteiger partial charge is 0.497 e. The lowest BCUT2D eigenvalue weighted by molar-refractivity contribution is -0.169. The summed E-state index contributed by atoms with van der Waals surface area (Å²) in [6.07, 6.45) is 1.43. The molecule has 174 valence electrons. The Labute approximate surface area is 193 Å². The standard InChI is InChI=1S/C26H30N2O5/c1-32-21-8-6-18(7-9-21)17-2-4-19(5-3-17)25-22-14-27(15-24(30)28(22)23(25)16-29)26(31)20-10-12-33-13-11-20/h2-9,20,22-23,25,29H,10-16H2,1H3/t22-,23-,25+/m0/s1. The minimum atomic E-state index is -0.241. The number of benzene rings is 2. The first-order valence-corrected chi connectivity index (χ1v) is 11.6. The van der Waals surface area contributed by atoms with Crippen LogP contribution < -0.4 is 4.74 Å². The Morgan fingerprint density at radius 3 is 2.30 bits per heavy atom. The van der Waals surface area contributed by atoms with Gasteiger partial charge in [-0.05, 0) is 41.7 Å². The summed E-state index contributed by atoms with van der Waals surface area (Å²) in [6, 6.07) is 15.9. The topological polar surface area (TPSA) is 79.3 Å². The van der Waals surface area contributed by atoms with E-state index in [1.165, 1.54) is 0 Å². The highest BCUT2D eigenvalue weighted by atomic mass is 16.5. The van der Waals surface area contributed by atoms with E-state index in [-0.39, 0.29) is 48.9 Å². The van der Waals surface area contributed by atoms with E-state index < -0.39 is 0 Å². The van der Waals surface area contributed by atoms with Crippen LogP contribution in [-0.2, 0) is 14.3 Å². The van der Waals surface area contributed by atoms with E-state index in [4.69, 9.17) is 9.47 Å². The summed E-state index contributed by atoms with van der Waals surface area (Å²) in [4.78, 5) is 29.5. The highest BCUT2D eigenvalue weighted by molar-refractivity contribution is 5.88. The zero-order valence-electron chi connectivity index (χ0n) is 18.9. The summed E-state index contributed by atoms with van der Waals surface area (Å²) >= 11 is 0. The lowest BCUT2D eigenvalue weighted by Gasteiger charge is -2.59. The first-order chi connectivity index (χ1) is 16.1. The quantitative estimate of drug-likeness (QED) is 0.756. The number of carbonyl (C=O) groups is 2. The molecule has 3 saturated heterocycles. The van der Waals surface area contributed by atoms with Gasteiger partial charge in [-0.1, -0.05) is 36.4 Å². The number of rotatable bonds is 5. The molecule has 3 heterocycles. The van der Waals surface area contributed by atoms with Crippen molar-refractivity contribution in [2.75, 3.05) is 40.0 Å². The normalized spacial score (nSPS) is 25.4. The van der Waals surface area contributed by atoms with E-state index in [0.29, 0.717) is 32.6 Å². The number of methoxy groups -OCH3 is 1. The number of nitrogens with zero attached hydrogens (tertiary/aromatic N) is 2. The van der Waals surface area contributed by atoms with Crippen molar-refractivity contribution < 1.29 is 24.2 Å². The number of ether oxygens (including phenoxy) is 2. The molecule has 2 aromatic carbocycles. The minimum absolute atomic E-state index is 0.00848. The summed E-state index contributed by atoms with van der Waals surface area (Å²) in [5.41, 5.74) is 3.27. The van der Waals surface area contributed by atoms with Crippen molar-refractivity contribution in [3.63, 3.8) is 0 Å². The molecule has 3 fully saturated rings. The van der Waals surface area contributed by atoms with E-state index in [2.05, 4.69) is 24.3 Å². The number of hydrogen-bond acceptors (Lipinski definition) is 5. The molecule has 1 N–H and O–H groups in total. The summed E-state index contributed by atoms with van der Waals surface area (Å²) in [6.45, 7) is 1.74. The number of aliphatic hydroxyl groups excluding tert-OH is 1. The molecule has 0 unspecified atom stereocenters. The minimum Gasteiger partial charge on any atom is -0.497 e. The average molecular weight is 451 g/mol. The second-order valence-corrected chi connectivity index (χ2v) is 9.10. The fourth-order valence-corrected chi connectivity index (χ4v) is 5.55. The second kappa shape index (κ2) is 9.15. The SMILES string of the molecule is COc1ccc(-c2ccc([C@H]3[C@H](CO)N4C(=O)CN(C(=O)C5CCOCC5)C[C@@H]34)cc2)cc1. The Morgan fingerprint density at radius 2 is 1.70 bits per heavy atom. The second-order valence-electron chi connectivity index (χ2n) is 9.10. The van der Waals surface area contributed by atoms with Crippen LogP contribution in [0.4, 0.5) is 0 Å². The third-order valence-corrected chi connectivity index (χ3v) is 7.35. The smallest absolute Gasteiger partial charge is 0.242 e. The van der Waals surface area contributed by atoms with E-state index in [1.807, 2.05) is 24.3 Å². The molecule has 5 rings (SSSR count). The highest BCUT2D eigenvalue weighted by Gasteiger charge is 2.54. The molecule has 0 bridgehead atoms. The lowest BCUT2D eigenvalue weighted by atomic mass is 9.73. The number of hydrogen-bond donors (Lipinski definition) is 1. The van der Waals surface area contributed by atoms with Crippen molar-refractivity contribution in [2.24, 2.45) is 5.92 Å². The van der Waals surface area contributed by atoms with Crippen LogP contribution in [0.25, 0.3) is 11.1 Å². The first-order valence-electron chi connectivity index (χ1n) is 11.6. The van der Waals surface area contributed by atoms with Crippen molar-refractivity contribution >= 4 is 11.8 Å². The van der Waals surface area contributed by atoms with Crippen LogP contribution in [0.15, 0.2) is 48.5 Å². The highest BCUT2D eigenvalue weighted by Crippen LogP contribution is 2.43. The molecule has 33 heavy (non-hydrogen) atoms. The maximum absolute atomic E-state index is 13.1. The number of amides is 2. The van der Waals surface area contributed by atoms with Gasteiger partial charge in [0, 0.05) is 31.6 Å². The van der Waals surface area contributed by atoms with Crippen molar-refractivity contribution in [1.82, 2.24) is 9.80 Å². The summed E-state index contributed by atoms with van der Waals surface area (Å²) < 4.78 is 10.6. The van der Waals surface area contributed by atoms with E-state index in [1.54, 1.807) is 16.9 Å². The molecule has 3 aliphatic heterocycles. The van der Waals surface area contributed by atoms with Crippen molar-refractivity contribution in [3.05, 3.63) is 54.1 Å². The molecule has 0 spiro atoms. The summed E-state index contributed by atoms with van der Waals surface area (Å²) in [7, 11) is 1.65. The van der Waals surface area contributed by atoms with E-state index >= 15 is 0 Å². The fourth-order valence-electron chi connectivity index (χ4n) is 5.55. The van der Waals surface area contributed by atoms with Crippen LogP contribution in [0.1, 0.15) is 24.3 Å². The number of fused-ring (bicyclic) bond motifs is 1. The third-order valence-electron chi connectivity index (χ3n) is 7.35. The van der Waals surface area contributed by atoms with Crippen LogP contribution in [0, 0.1) is 5.92 Å². The zero-order valence-corrected chi connectivity index (χ0v) is 18.9. The Morgan fingerprint density at radius 1 is 1.06 bits per heavy atom. The molecule has 0 aromatic heterocycles. The van der Waals surface area contributed by atoms with E-state index in [0.717, 1.165) is 22.4 Å². The molecular formula is C26H30N2O5. The predicted molar refractivity (Wildman–Crippen MR) is 123 cm³/mol. The maximum Gasteiger partial charge on any atom is 0.242 e. The van der Waals surface area contributed by atoms with Gasteiger partial charge in [-0.2, -0.15) is 0 Å². The molecule has 0 radical (unpaired) electrons.